The van der Waals surface area contributed by atoms with Gasteiger partial charge in [0.1, 0.15) is 10.7 Å². The Bertz CT molecular complexity index is 882. The smallest absolute Gasteiger partial charge is 0.259 e. The van der Waals surface area contributed by atoms with Gasteiger partial charge in [-0.2, -0.15) is 0 Å². The number of thiophene rings is 1. The molecule has 1 aliphatic heterocycles. The van der Waals surface area contributed by atoms with Gasteiger partial charge in [-0.25, -0.2) is 4.98 Å². The maximum Gasteiger partial charge on any atom is 0.259 e. The minimum Gasteiger partial charge on any atom is -0.340 e. The van der Waals surface area contributed by atoms with Crippen LogP contribution in [0.3, 0.4) is 0 Å². The molecule has 2 aromatic rings. The van der Waals surface area contributed by atoms with Crippen LogP contribution in [0.5, 0.6) is 0 Å². The van der Waals surface area contributed by atoms with E-state index in [9.17, 15) is 9.59 Å². The number of halogens is 1. The third-order valence-electron chi connectivity index (χ3n) is 5.27. The maximum absolute atomic E-state index is 12.5. The van der Waals surface area contributed by atoms with E-state index in [-0.39, 0.29) is 23.9 Å². The second-order valence-electron chi connectivity index (χ2n) is 7.01. The number of carbonyl (C=O) groups is 1. The number of amides is 1. The SMILES string of the molecule is CNC1CCCN(C(=O)CSCc2nc3sc4c(c3c(=O)[nH]2)CCC4)C1.Cl. The van der Waals surface area contributed by atoms with Crippen molar-refractivity contribution in [3.8, 4) is 0 Å². The summed E-state index contributed by atoms with van der Waals surface area (Å²) in [6.07, 6.45) is 5.38. The molecule has 1 atom stereocenters. The van der Waals surface area contributed by atoms with E-state index in [0.717, 1.165) is 55.4 Å². The van der Waals surface area contributed by atoms with Gasteiger partial charge < -0.3 is 15.2 Å². The van der Waals surface area contributed by atoms with Crippen LogP contribution in [0.4, 0.5) is 0 Å². The number of H-pyrrole nitrogens is 1. The van der Waals surface area contributed by atoms with Crippen LogP contribution in [0.2, 0.25) is 0 Å². The predicted molar refractivity (Wildman–Crippen MR) is 114 cm³/mol. The summed E-state index contributed by atoms with van der Waals surface area (Å²) in [7, 11) is 1.95. The molecule has 1 saturated heterocycles. The van der Waals surface area contributed by atoms with Crippen LogP contribution >= 0.6 is 35.5 Å². The lowest BCUT2D eigenvalue weighted by molar-refractivity contribution is -0.129. The molecule has 2 aliphatic rings. The highest BCUT2D eigenvalue weighted by atomic mass is 35.5. The number of nitrogens with one attached hydrogen (secondary N) is 2. The summed E-state index contributed by atoms with van der Waals surface area (Å²) in [5, 5.41) is 4.05. The average molecular weight is 429 g/mol. The highest BCUT2D eigenvalue weighted by Gasteiger charge is 2.23. The first-order chi connectivity index (χ1) is 12.7. The first-order valence-corrected chi connectivity index (χ1v) is 11.2. The highest BCUT2D eigenvalue weighted by molar-refractivity contribution is 7.99. The van der Waals surface area contributed by atoms with Crippen molar-refractivity contribution in [2.24, 2.45) is 0 Å². The predicted octanol–water partition coefficient (Wildman–Crippen LogP) is 2.34. The number of likely N-dealkylation sites (tertiary alicyclic amines) is 1. The van der Waals surface area contributed by atoms with Gasteiger partial charge >= 0.3 is 0 Å². The summed E-state index contributed by atoms with van der Waals surface area (Å²) in [4.78, 5) is 36.5. The standard InChI is InChI=1S/C18H24N4O2S2.ClH/c1-19-11-4-3-7-22(8-11)15(23)10-25-9-14-20-17(24)16-12-5-2-6-13(12)26-18(16)21-14;/h11,19H,2-10H2,1H3,(H,20,21,24);1H. The second-order valence-corrected chi connectivity index (χ2v) is 9.08. The van der Waals surface area contributed by atoms with Gasteiger partial charge in [0.25, 0.3) is 5.56 Å². The molecule has 3 heterocycles. The molecule has 0 radical (unpaired) electrons. The van der Waals surface area contributed by atoms with Gasteiger partial charge in [0, 0.05) is 24.0 Å². The molecular weight excluding hydrogens is 404 g/mol. The van der Waals surface area contributed by atoms with Crippen LogP contribution in [0.25, 0.3) is 10.2 Å². The van der Waals surface area contributed by atoms with E-state index in [1.54, 1.807) is 11.3 Å². The third kappa shape index (κ3) is 4.34. The lowest BCUT2D eigenvalue weighted by Gasteiger charge is -2.32. The fourth-order valence-electron chi connectivity index (χ4n) is 3.88. The lowest BCUT2D eigenvalue weighted by atomic mass is 10.1. The van der Waals surface area contributed by atoms with Gasteiger partial charge in [-0.3, -0.25) is 9.59 Å². The molecule has 1 fully saturated rings. The topological polar surface area (TPSA) is 78.1 Å². The van der Waals surface area contributed by atoms with Crippen molar-refractivity contribution in [3.63, 3.8) is 0 Å². The summed E-state index contributed by atoms with van der Waals surface area (Å²) in [5.74, 6) is 1.84. The highest BCUT2D eigenvalue weighted by Crippen LogP contribution is 2.34. The number of aromatic nitrogens is 2. The summed E-state index contributed by atoms with van der Waals surface area (Å²) in [5.41, 5.74) is 1.18. The average Bonchev–Trinajstić information content (AvgIpc) is 3.22. The second kappa shape index (κ2) is 8.94. The molecule has 2 N–H and O–H groups in total. The minimum atomic E-state index is -0.0239. The van der Waals surface area contributed by atoms with Gasteiger partial charge in [0.15, 0.2) is 0 Å². The fourth-order valence-corrected chi connectivity index (χ4v) is 5.95. The van der Waals surface area contributed by atoms with Gasteiger partial charge in [0.2, 0.25) is 5.91 Å². The normalized spacial score (nSPS) is 19.1. The molecule has 2 aromatic heterocycles. The molecule has 0 spiro atoms. The number of nitrogens with zero attached hydrogens (tertiary/aromatic N) is 2. The number of hydrogen-bond acceptors (Lipinski definition) is 6. The molecule has 0 aromatic carbocycles. The Balaban J connectivity index is 0.00000210. The number of rotatable bonds is 5. The number of piperidine rings is 1. The maximum atomic E-state index is 12.5. The number of hydrogen-bond donors (Lipinski definition) is 2. The Labute approximate surface area is 172 Å². The Morgan fingerprint density at radius 2 is 2.26 bits per heavy atom. The van der Waals surface area contributed by atoms with Crippen LogP contribution in [-0.2, 0) is 23.4 Å². The Hall–Kier alpha value is -1.09. The van der Waals surface area contributed by atoms with E-state index >= 15 is 0 Å². The molecule has 0 saturated carbocycles. The van der Waals surface area contributed by atoms with E-state index in [4.69, 9.17) is 0 Å². The number of aryl methyl sites for hydroxylation is 2. The van der Waals surface area contributed by atoms with Crippen LogP contribution in [0.15, 0.2) is 4.79 Å². The zero-order valence-corrected chi connectivity index (χ0v) is 17.8. The molecular formula is C18H25ClN4O2S2. The zero-order valence-electron chi connectivity index (χ0n) is 15.4. The molecule has 1 unspecified atom stereocenters. The van der Waals surface area contributed by atoms with Crippen molar-refractivity contribution in [1.29, 1.82) is 0 Å². The van der Waals surface area contributed by atoms with Gasteiger partial charge in [-0.05, 0) is 44.7 Å². The van der Waals surface area contributed by atoms with E-state index in [1.165, 1.54) is 22.2 Å². The first-order valence-electron chi connectivity index (χ1n) is 9.22. The molecule has 0 bridgehead atoms. The Morgan fingerprint density at radius 3 is 3.07 bits per heavy atom. The van der Waals surface area contributed by atoms with Crippen molar-refractivity contribution in [1.82, 2.24) is 20.2 Å². The van der Waals surface area contributed by atoms with E-state index < -0.39 is 0 Å². The number of aromatic amines is 1. The van der Waals surface area contributed by atoms with Gasteiger partial charge in [-0.15, -0.1) is 35.5 Å². The zero-order chi connectivity index (χ0) is 18.1. The van der Waals surface area contributed by atoms with Crippen LogP contribution in [0, 0.1) is 0 Å². The Morgan fingerprint density at radius 1 is 1.41 bits per heavy atom. The van der Waals surface area contributed by atoms with Crippen molar-refractivity contribution in [2.45, 2.75) is 43.9 Å². The van der Waals surface area contributed by atoms with Crippen LogP contribution in [0.1, 0.15) is 35.5 Å². The molecule has 148 valence electrons. The third-order valence-corrected chi connectivity index (χ3v) is 7.39. The molecule has 1 amide bonds. The monoisotopic (exact) mass is 428 g/mol. The van der Waals surface area contributed by atoms with E-state index in [0.29, 0.717) is 23.4 Å². The molecule has 1 aliphatic carbocycles. The largest absolute Gasteiger partial charge is 0.340 e. The summed E-state index contributed by atoms with van der Waals surface area (Å²) >= 11 is 3.18. The summed E-state index contributed by atoms with van der Waals surface area (Å²) < 4.78 is 0. The minimum absolute atomic E-state index is 0. The number of likely N-dealkylation sites (N-methyl/N-ethyl adjacent to an activating group) is 1. The van der Waals surface area contributed by atoms with Crippen molar-refractivity contribution in [2.75, 3.05) is 25.9 Å². The van der Waals surface area contributed by atoms with Gasteiger partial charge in [-0.1, -0.05) is 0 Å². The summed E-state index contributed by atoms with van der Waals surface area (Å²) in [6, 6.07) is 0.402. The molecule has 4 rings (SSSR count). The van der Waals surface area contributed by atoms with Crippen LogP contribution in [-0.4, -0.2) is 52.7 Å². The fraction of sp³-hybridized carbons (Fsp3) is 0.611. The van der Waals surface area contributed by atoms with Gasteiger partial charge in [0.05, 0.1) is 16.9 Å². The molecule has 9 heteroatoms. The molecule has 27 heavy (non-hydrogen) atoms. The molecule has 6 nitrogen and oxygen atoms in total. The van der Waals surface area contributed by atoms with E-state index in [2.05, 4.69) is 15.3 Å². The summed E-state index contributed by atoms with van der Waals surface area (Å²) in [6.45, 7) is 1.64. The lowest BCUT2D eigenvalue weighted by Crippen LogP contribution is -2.47. The number of fused-ring (bicyclic) bond motifs is 3. The Kier molecular flexibility index (Phi) is 6.83. The quantitative estimate of drug-likeness (QED) is 0.764. The number of carbonyl (C=O) groups excluding carboxylic acids is 1. The van der Waals surface area contributed by atoms with Crippen molar-refractivity contribution in [3.05, 3.63) is 26.6 Å². The van der Waals surface area contributed by atoms with E-state index in [1.807, 2.05) is 11.9 Å². The number of thioether (sulfide) groups is 1. The van der Waals surface area contributed by atoms with Crippen molar-refractivity contribution >= 4 is 51.6 Å². The van der Waals surface area contributed by atoms with Crippen molar-refractivity contribution < 1.29 is 4.79 Å². The first kappa shape index (κ1) is 20.6. The van der Waals surface area contributed by atoms with Crippen LogP contribution < -0.4 is 10.9 Å².